The molecule has 0 saturated carbocycles. The third kappa shape index (κ3) is 3.89. The van der Waals surface area contributed by atoms with Gasteiger partial charge in [0.2, 0.25) is 5.91 Å². The van der Waals surface area contributed by atoms with E-state index in [0.717, 1.165) is 25.2 Å². The third-order valence-corrected chi connectivity index (χ3v) is 4.68. The summed E-state index contributed by atoms with van der Waals surface area (Å²) in [6.45, 7) is 5.96. The van der Waals surface area contributed by atoms with Crippen molar-refractivity contribution in [3.63, 3.8) is 0 Å². The first kappa shape index (κ1) is 17.2. The largest absolute Gasteiger partial charge is 0.310 e. The molecule has 130 valence electrons. The number of carbonyl (C=O) groups excluding carboxylic acids is 1. The number of aromatic nitrogens is 2. The van der Waals surface area contributed by atoms with Gasteiger partial charge in [-0.25, -0.2) is 4.68 Å². The van der Waals surface area contributed by atoms with E-state index in [4.69, 9.17) is 5.26 Å². The van der Waals surface area contributed by atoms with Crippen molar-refractivity contribution in [2.45, 2.75) is 45.8 Å². The fourth-order valence-corrected chi connectivity index (χ4v) is 3.22. The molecule has 25 heavy (non-hydrogen) atoms. The number of hydrogen-bond acceptors (Lipinski definition) is 4. The number of hydrogen-bond donors (Lipinski definition) is 1. The Hall–Kier alpha value is -2.65. The maximum absolute atomic E-state index is 12.7. The van der Waals surface area contributed by atoms with Crippen LogP contribution in [0.4, 0.5) is 5.82 Å². The zero-order valence-electron chi connectivity index (χ0n) is 14.7. The summed E-state index contributed by atoms with van der Waals surface area (Å²) in [7, 11) is 0. The average Bonchev–Trinajstić information content (AvgIpc) is 2.97. The van der Waals surface area contributed by atoms with Crippen LogP contribution in [-0.2, 0) is 24.3 Å². The minimum Gasteiger partial charge on any atom is -0.310 e. The number of amides is 1. The smallest absolute Gasteiger partial charge is 0.242 e. The zero-order valence-corrected chi connectivity index (χ0v) is 14.7. The molecule has 6 heteroatoms. The van der Waals surface area contributed by atoms with Gasteiger partial charge in [-0.3, -0.25) is 9.69 Å². The molecule has 0 saturated heterocycles. The van der Waals surface area contributed by atoms with Crippen molar-refractivity contribution in [2.24, 2.45) is 0 Å². The highest BCUT2D eigenvalue weighted by atomic mass is 16.2. The topological polar surface area (TPSA) is 74.0 Å². The minimum absolute atomic E-state index is 0.0440. The third-order valence-electron chi connectivity index (χ3n) is 4.68. The number of carbonyl (C=O) groups is 1. The predicted octanol–water partition coefficient (Wildman–Crippen LogP) is 2.49. The van der Waals surface area contributed by atoms with Gasteiger partial charge in [-0.05, 0) is 31.4 Å². The van der Waals surface area contributed by atoms with Crippen LogP contribution in [-0.4, -0.2) is 33.2 Å². The second kappa shape index (κ2) is 7.49. The van der Waals surface area contributed by atoms with E-state index in [1.807, 2.05) is 26.0 Å². The summed E-state index contributed by atoms with van der Waals surface area (Å²) in [5.41, 5.74) is 3.49. The molecule has 2 heterocycles. The van der Waals surface area contributed by atoms with Crippen molar-refractivity contribution in [3.8, 4) is 6.07 Å². The summed E-state index contributed by atoms with van der Waals surface area (Å²) in [5.74, 6) is 0.611. The number of nitrogens with zero attached hydrogens (tertiary/aromatic N) is 4. The lowest BCUT2D eigenvalue weighted by Crippen LogP contribution is -2.44. The molecule has 6 nitrogen and oxygen atoms in total. The second-order valence-electron chi connectivity index (χ2n) is 6.46. The van der Waals surface area contributed by atoms with Gasteiger partial charge in [0.25, 0.3) is 0 Å². The molecule has 0 aliphatic carbocycles. The van der Waals surface area contributed by atoms with Crippen LogP contribution in [0, 0.1) is 18.3 Å². The van der Waals surface area contributed by atoms with E-state index < -0.39 is 0 Å². The number of rotatable bonds is 5. The Kier molecular flexibility index (Phi) is 5.15. The molecule has 0 spiro atoms. The first-order valence-corrected chi connectivity index (χ1v) is 8.61. The SMILES string of the molecule is Cc1cc(NC(=O)C(C)N2CCc3ccccc3C2)n(CCC#N)n1. The molecule has 2 aromatic rings. The van der Waals surface area contributed by atoms with Gasteiger partial charge in [-0.15, -0.1) is 0 Å². The highest BCUT2D eigenvalue weighted by Crippen LogP contribution is 2.21. The Morgan fingerprint density at radius 3 is 2.92 bits per heavy atom. The van der Waals surface area contributed by atoms with Crippen LogP contribution >= 0.6 is 0 Å². The maximum atomic E-state index is 12.7. The monoisotopic (exact) mass is 337 g/mol. The van der Waals surface area contributed by atoms with Crippen molar-refractivity contribution in [1.29, 1.82) is 5.26 Å². The molecular formula is C19H23N5O. The Balaban J connectivity index is 1.67. The van der Waals surface area contributed by atoms with Crippen LogP contribution in [0.15, 0.2) is 30.3 Å². The van der Waals surface area contributed by atoms with E-state index in [2.05, 4.69) is 39.6 Å². The molecule has 1 amide bonds. The number of fused-ring (bicyclic) bond motifs is 1. The molecule has 1 aliphatic heterocycles. The summed E-state index contributed by atoms with van der Waals surface area (Å²) in [6.07, 6.45) is 1.33. The van der Waals surface area contributed by atoms with E-state index in [1.54, 1.807) is 4.68 Å². The van der Waals surface area contributed by atoms with Gasteiger partial charge < -0.3 is 5.32 Å². The Labute approximate surface area is 148 Å². The molecule has 1 aromatic heterocycles. The van der Waals surface area contributed by atoms with Crippen LogP contribution in [0.2, 0.25) is 0 Å². The minimum atomic E-state index is -0.229. The van der Waals surface area contributed by atoms with Gasteiger partial charge in [0.15, 0.2) is 0 Å². The number of nitriles is 1. The molecule has 1 aliphatic rings. The fourth-order valence-electron chi connectivity index (χ4n) is 3.22. The van der Waals surface area contributed by atoms with E-state index >= 15 is 0 Å². The lowest BCUT2D eigenvalue weighted by atomic mass is 9.99. The van der Waals surface area contributed by atoms with Crippen LogP contribution in [0.1, 0.15) is 30.2 Å². The molecule has 0 fully saturated rings. The molecule has 0 radical (unpaired) electrons. The van der Waals surface area contributed by atoms with Gasteiger partial charge in [0.05, 0.1) is 30.8 Å². The number of anilines is 1. The predicted molar refractivity (Wildman–Crippen MR) is 95.8 cm³/mol. The van der Waals surface area contributed by atoms with Gasteiger partial charge in [0.1, 0.15) is 5.82 Å². The first-order valence-electron chi connectivity index (χ1n) is 8.61. The van der Waals surface area contributed by atoms with Crippen LogP contribution in [0.25, 0.3) is 0 Å². The van der Waals surface area contributed by atoms with Gasteiger partial charge in [-0.1, -0.05) is 24.3 Å². The molecule has 1 N–H and O–H groups in total. The standard InChI is InChI=1S/C19H23N5O/c1-14-12-18(24(22-14)10-5-9-20)21-19(25)15(2)23-11-8-16-6-3-4-7-17(16)13-23/h3-4,6-7,12,15H,5,8,10-11,13H2,1-2H3,(H,21,25). The highest BCUT2D eigenvalue weighted by molar-refractivity contribution is 5.93. The quantitative estimate of drug-likeness (QED) is 0.910. The summed E-state index contributed by atoms with van der Waals surface area (Å²) >= 11 is 0. The molecule has 1 unspecified atom stereocenters. The average molecular weight is 337 g/mol. The first-order chi connectivity index (χ1) is 12.1. The van der Waals surface area contributed by atoms with E-state index in [0.29, 0.717) is 18.8 Å². The molecule has 0 bridgehead atoms. The Morgan fingerprint density at radius 1 is 1.40 bits per heavy atom. The second-order valence-corrected chi connectivity index (χ2v) is 6.46. The molecule has 1 aromatic carbocycles. The lowest BCUT2D eigenvalue weighted by molar-refractivity contribution is -0.121. The van der Waals surface area contributed by atoms with Gasteiger partial charge in [0, 0.05) is 19.2 Å². The molecule has 3 rings (SSSR count). The molecular weight excluding hydrogens is 314 g/mol. The number of nitrogens with one attached hydrogen (secondary N) is 1. The summed E-state index contributed by atoms with van der Waals surface area (Å²) < 4.78 is 1.69. The summed E-state index contributed by atoms with van der Waals surface area (Å²) in [5, 5.41) is 16.1. The normalized spacial score (nSPS) is 15.2. The van der Waals surface area contributed by atoms with Crippen LogP contribution in [0.3, 0.4) is 0 Å². The lowest BCUT2D eigenvalue weighted by Gasteiger charge is -2.32. The zero-order chi connectivity index (χ0) is 17.8. The summed E-state index contributed by atoms with van der Waals surface area (Å²) in [4.78, 5) is 14.9. The Morgan fingerprint density at radius 2 is 2.16 bits per heavy atom. The van der Waals surface area contributed by atoms with E-state index in [9.17, 15) is 4.79 Å². The van der Waals surface area contributed by atoms with Crippen molar-refractivity contribution in [2.75, 3.05) is 11.9 Å². The van der Waals surface area contributed by atoms with Crippen molar-refractivity contribution >= 4 is 11.7 Å². The maximum Gasteiger partial charge on any atom is 0.242 e. The fraction of sp³-hybridized carbons (Fsp3) is 0.421. The Bertz CT molecular complexity index is 804. The highest BCUT2D eigenvalue weighted by Gasteiger charge is 2.25. The van der Waals surface area contributed by atoms with E-state index in [-0.39, 0.29) is 11.9 Å². The number of benzene rings is 1. The van der Waals surface area contributed by atoms with Crippen LogP contribution < -0.4 is 5.32 Å². The van der Waals surface area contributed by atoms with Crippen LogP contribution in [0.5, 0.6) is 0 Å². The van der Waals surface area contributed by atoms with Gasteiger partial charge in [-0.2, -0.15) is 10.4 Å². The van der Waals surface area contributed by atoms with Gasteiger partial charge >= 0.3 is 0 Å². The van der Waals surface area contributed by atoms with Crippen molar-refractivity contribution in [1.82, 2.24) is 14.7 Å². The van der Waals surface area contributed by atoms with E-state index in [1.165, 1.54) is 11.1 Å². The molecule has 1 atom stereocenters. The number of aryl methyl sites for hydroxylation is 2. The summed E-state index contributed by atoms with van der Waals surface area (Å²) in [6, 6.07) is 12.1. The van der Waals surface area contributed by atoms with Crippen molar-refractivity contribution in [3.05, 3.63) is 47.2 Å². The van der Waals surface area contributed by atoms with Crippen molar-refractivity contribution < 1.29 is 4.79 Å².